The van der Waals surface area contributed by atoms with E-state index in [2.05, 4.69) is 5.92 Å². The number of carbonyl (C=O) groups excluding carboxylic acids is 1. The topological polar surface area (TPSA) is 81.1 Å². The molecule has 0 spiro atoms. The van der Waals surface area contributed by atoms with Gasteiger partial charge in [-0.3, -0.25) is 4.79 Å². The summed E-state index contributed by atoms with van der Waals surface area (Å²) in [4.78, 5) is 25.2. The van der Waals surface area contributed by atoms with Crippen molar-refractivity contribution >= 4 is 12.0 Å². The normalized spacial score (nSPS) is 16.4. The van der Waals surface area contributed by atoms with Crippen LogP contribution in [-0.2, 0) is 4.79 Å². The van der Waals surface area contributed by atoms with Crippen molar-refractivity contribution in [3.63, 3.8) is 0 Å². The molecular weight excluding hydrogens is 224 g/mol. The van der Waals surface area contributed by atoms with E-state index in [4.69, 9.17) is 11.5 Å². The Balaban J connectivity index is 2.58. The van der Waals surface area contributed by atoms with E-state index in [0.717, 1.165) is 4.90 Å². The van der Waals surface area contributed by atoms with Crippen LogP contribution in [-0.4, -0.2) is 64.3 Å². The summed E-state index contributed by atoms with van der Waals surface area (Å²) in [7, 11) is 0. The predicted octanol–water partition coefficient (Wildman–Crippen LogP) is -0.417. The number of terminal acetylenes is 1. The monoisotopic (exact) mass is 240 g/mol. The third kappa shape index (κ3) is 3.96. The first kappa shape index (κ1) is 13.3. The van der Waals surface area contributed by atoms with E-state index in [-0.39, 0.29) is 18.7 Å². The average molecular weight is 240 g/mol. The van der Waals surface area contributed by atoms with Crippen LogP contribution >= 0.6 is 0 Å². The first-order valence-electron chi connectivity index (χ1n) is 5.41. The molecule has 0 aliphatic carbocycles. The van der Waals surface area contributed by atoms with Crippen LogP contribution in [0.25, 0.3) is 0 Å². The molecule has 0 aromatic rings. The molecule has 0 radical (unpaired) electrons. The van der Waals surface area contributed by atoms with Gasteiger partial charge in [0, 0.05) is 13.1 Å². The number of carbonyl (C=O) groups is 2. The Bertz CT molecular complexity index is 329. The van der Waals surface area contributed by atoms with Crippen LogP contribution in [0.15, 0.2) is 0 Å². The zero-order chi connectivity index (χ0) is 12.8. The lowest BCUT2D eigenvalue weighted by Crippen LogP contribution is -2.49. The summed E-state index contributed by atoms with van der Waals surface area (Å²) in [6.45, 7) is 0.438. The van der Waals surface area contributed by atoms with Gasteiger partial charge in [-0.15, -0.1) is 6.42 Å². The lowest BCUT2D eigenvalue weighted by atomic mass is 10.1. The number of aliphatic hydroxyl groups is 1. The van der Waals surface area contributed by atoms with Gasteiger partial charge in [0.15, 0.2) is 0 Å². The van der Waals surface area contributed by atoms with Gasteiger partial charge in [0.1, 0.15) is 6.54 Å². The summed E-state index contributed by atoms with van der Waals surface area (Å²) in [6, 6.07) is -0.378. The van der Waals surface area contributed by atoms with E-state index < -0.39 is 12.5 Å². The predicted molar refractivity (Wildman–Crippen MR) is 60.3 cm³/mol. The summed E-state index contributed by atoms with van der Waals surface area (Å²) >= 11 is 0. The quantitative estimate of drug-likeness (QED) is 0.657. The molecule has 0 bridgehead atoms. The Morgan fingerprint density at radius 1 is 1.41 bits per heavy atom. The molecule has 1 rings (SSSR count). The standard InChI is InChI=1S/C11H16N2O4/c1-2-5-13(8-10(15)16)11(17)12-6-3-9(14)4-7-12/h1,9,14H,3-8H2,(H,15,16). The molecule has 6 nitrogen and oxygen atoms in total. The van der Waals surface area contributed by atoms with E-state index in [1.54, 1.807) is 0 Å². The molecule has 1 fully saturated rings. The van der Waals surface area contributed by atoms with Gasteiger partial charge in [0.25, 0.3) is 0 Å². The first-order chi connectivity index (χ1) is 8.04. The van der Waals surface area contributed by atoms with E-state index in [1.807, 2.05) is 0 Å². The lowest BCUT2D eigenvalue weighted by molar-refractivity contribution is -0.137. The Kier molecular flexibility index (Phi) is 4.79. The van der Waals surface area contributed by atoms with E-state index in [9.17, 15) is 14.7 Å². The van der Waals surface area contributed by atoms with Gasteiger partial charge < -0.3 is 20.0 Å². The summed E-state index contributed by atoms with van der Waals surface area (Å²) in [5, 5.41) is 18.0. The minimum atomic E-state index is -1.09. The molecule has 1 saturated heterocycles. The van der Waals surface area contributed by atoms with Gasteiger partial charge >= 0.3 is 12.0 Å². The maximum atomic E-state index is 11.9. The number of aliphatic carboxylic acids is 1. The average Bonchev–Trinajstić information content (AvgIpc) is 2.28. The molecule has 6 heteroatoms. The number of hydrogen-bond acceptors (Lipinski definition) is 3. The molecule has 0 aromatic heterocycles. The molecule has 0 atom stereocenters. The number of piperidine rings is 1. The van der Waals surface area contributed by atoms with Crippen LogP contribution in [0.3, 0.4) is 0 Å². The van der Waals surface area contributed by atoms with Crippen molar-refractivity contribution in [1.82, 2.24) is 9.80 Å². The Hall–Kier alpha value is -1.74. The zero-order valence-corrected chi connectivity index (χ0v) is 9.50. The molecule has 2 N–H and O–H groups in total. The van der Waals surface area contributed by atoms with Crippen molar-refractivity contribution in [2.24, 2.45) is 0 Å². The number of amides is 2. The first-order valence-corrected chi connectivity index (χ1v) is 5.41. The van der Waals surface area contributed by atoms with Crippen LogP contribution in [0.1, 0.15) is 12.8 Å². The largest absolute Gasteiger partial charge is 0.480 e. The van der Waals surface area contributed by atoms with Gasteiger partial charge in [-0.25, -0.2) is 4.79 Å². The highest BCUT2D eigenvalue weighted by Crippen LogP contribution is 2.12. The van der Waals surface area contributed by atoms with E-state index in [0.29, 0.717) is 25.9 Å². The fraction of sp³-hybridized carbons (Fsp3) is 0.636. The maximum absolute atomic E-state index is 11.9. The third-order valence-electron chi connectivity index (χ3n) is 2.61. The van der Waals surface area contributed by atoms with Gasteiger partial charge in [-0.05, 0) is 12.8 Å². The van der Waals surface area contributed by atoms with E-state index >= 15 is 0 Å². The SMILES string of the molecule is C#CCN(CC(=O)O)C(=O)N1CCC(O)CC1. The molecule has 0 aromatic carbocycles. The molecule has 17 heavy (non-hydrogen) atoms. The van der Waals surface area contributed by atoms with Crippen LogP contribution in [0.5, 0.6) is 0 Å². The number of nitrogens with zero attached hydrogens (tertiary/aromatic N) is 2. The fourth-order valence-corrected chi connectivity index (χ4v) is 1.72. The smallest absolute Gasteiger partial charge is 0.323 e. The van der Waals surface area contributed by atoms with Gasteiger partial charge in [-0.1, -0.05) is 5.92 Å². The number of carboxylic acid groups (broad SMARTS) is 1. The molecule has 94 valence electrons. The van der Waals surface area contributed by atoms with E-state index in [1.165, 1.54) is 4.90 Å². The zero-order valence-electron chi connectivity index (χ0n) is 9.50. The number of aliphatic hydroxyl groups excluding tert-OH is 1. The van der Waals surface area contributed by atoms with Crippen molar-refractivity contribution < 1.29 is 19.8 Å². The number of carboxylic acids is 1. The highest BCUT2D eigenvalue weighted by atomic mass is 16.4. The molecular formula is C11H16N2O4. The summed E-state index contributed by atoms with van der Waals surface area (Å²) in [5.74, 6) is 1.18. The van der Waals surface area contributed by atoms with Crippen molar-refractivity contribution in [2.45, 2.75) is 18.9 Å². The molecule has 1 aliphatic heterocycles. The molecule has 0 unspecified atom stereocenters. The van der Waals surface area contributed by atoms with Crippen LogP contribution in [0, 0.1) is 12.3 Å². The van der Waals surface area contributed by atoms with Gasteiger partial charge in [-0.2, -0.15) is 0 Å². The van der Waals surface area contributed by atoms with Crippen molar-refractivity contribution in [1.29, 1.82) is 0 Å². The highest BCUT2D eigenvalue weighted by molar-refractivity contribution is 5.80. The van der Waals surface area contributed by atoms with Crippen molar-refractivity contribution in [3.8, 4) is 12.3 Å². The Morgan fingerprint density at radius 3 is 2.47 bits per heavy atom. The molecule has 1 heterocycles. The molecule has 1 aliphatic rings. The van der Waals surface area contributed by atoms with Crippen LogP contribution < -0.4 is 0 Å². The second-order valence-corrected chi connectivity index (χ2v) is 3.95. The number of urea groups is 1. The molecule has 0 saturated carbocycles. The second-order valence-electron chi connectivity index (χ2n) is 3.95. The van der Waals surface area contributed by atoms with Crippen molar-refractivity contribution in [2.75, 3.05) is 26.2 Å². The summed E-state index contributed by atoms with van der Waals surface area (Å²) in [6.07, 6.45) is 5.76. The van der Waals surface area contributed by atoms with Crippen LogP contribution in [0.2, 0.25) is 0 Å². The lowest BCUT2D eigenvalue weighted by Gasteiger charge is -2.33. The summed E-state index contributed by atoms with van der Waals surface area (Å²) < 4.78 is 0. The van der Waals surface area contributed by atoms with Crippen LogP contribution in [0.4, 0.5) is 4.79 Å². The van der Waals surface area contributed by atoms with Gasteiger partial charge in [0.2, 0.25) is 0 Å². The summed E-state index contributed by atoms with van der Waals surface area (Å²) in [5.41, 5.74) is 0. The highest BCUT2D eigenvalue weighted by Gasteiger charge is 2.26. The minimum Gasteiger partial charge on any atom is -0.480 e. The number of rotatable bonds is 3. The third-order valence-corrected chi connectivity index (χ3v) is 2.61. The Morgan fingerprint density at radius 2 is 2.00 bits per heavy atom. The Labute approximate surface area is 99.8 Å². The molecule has 2 amide bonds. The minimum absolute atomic E-state index is 0.0236. The number of likely N-dealkylation sites (tertiary alicyclic amines) is 1. The van der Waals surface area contributed by atoms with Crippen molar-refractivity contribution in [3.05, 3.63) is 0 Å². The van der Waals surface area contributed by atoms with Gasteiger partial charge in [0.05, 0.1) is 12.6 Å². The maximum Gasteiger partial charge on any atom is 0.323 e. The fourth-order valence-electron chi connectivity index (χ4n) is 1.72. The second kappa shape index (κ2) is 6.11. The number of hydrogen-bond donors (Lipinski definition) is 2.